The fourth-order valence-electron chi connectivity index (χ4n) is 1.75. The third-order valence-electron chi connectivity index (χ3n) is 2.73. The Bertz CT molecular complexity index is 213. The van der Waals surface area contributed by atoms with Crippen LogP contribution in [0.2, 0.25) is 0 Å². The Kier molecular flexibility index (Phi) is 3.91. The maximum Gasteiger partial charge on any atom is 0.475 e. The van der Waals surface area contributed by atoms with Gasteiger partial charge < -0.3 is 20.3 Å². The van der Waals surface area contributed by atoms with Crippen molar-refractivity contribution < 1.29 is 14.8 Å². The van der Waals surface area contributed by atoms with Crippen LogP contribution in [0.5, 0.6) is 0 Å². The van der Waals surface area contributed by atoms with E-state index in [0.29, 0.717) is 13.0 Å². The number of carbonyl (C=O) groups is 1. The molecule has 0 aromatic rings. The van der Waals surface area contributed by atoms with Crippen LogP contribution in [0, 0.1) is 0 Å². The number of rotatable bonds is 3. The molecule has 0 spiro atoms. The van der Waals surface area contributed by atoms with Gasteiger partial charge in [-0.25, -0.2) is 0 Å². The van der Waals surface area contributed by atoms with Gasteiger partial charge in [-0.1, -0.05) is 0 Å². The molecule has 0 aromatic heterocycles. The molecule has 1 rings (SSSR count). The number of carbonyl (C=O) groups excluding carboxylic acids is 1. The molecule has 1 heterocycles. The van der Waals surface area contributed by atoms with Crippen LogP contribution in [-0.4, -0.2) is 53.5 Å². The summed E-state index contributed by atoms with van der Waals surface area (Å²) in [5, 5.41) is 21.0. The van der Waals surface area contributed by atoms with E-state index in [2.05, 4.69) is 5.32 Å². The Morgan fingerprint density at radius 2 is 2.29 bits per heavy atom. The van der Waals surface area contributed by atoms with E-state index in [-0.39, 0.29) is 11.9 Å². The molecule has 1 amide bonds. The molecule has 5 nitrogen and oxygen atoms in total. The van der Waals surface area contributed by atoms with Gasteiger partial charge in [-0.15, -0.1) is 0 Å². The molecule has 1 saturated heterocycles. The molecule has 0 aromatic carbocycles. The van der Waals surface area contributed by atoms with Crippen LogP contribution in [0.4, 0.5) is 0 Å². The Hall–Kier alpha value is -0.585. The van der Waals surface area contributed by atoms with E-state index in [4.69, 9.17) is 10.0 Å². The first-order valence-corrected chi connectivity index (χ1v) is 4.91. The van der Waals surface area contributed by atoms with E-state index in [0.717, 1.165) is 6.42 Å². The monoisotopic (exact) mass is 200 g/mol. The molecule has 1 aliphatic rings. The minimum absolute atomic E-state index is 0.0666. The van der Waals surface area contributed by atoms with E-state index in [1.807, 2.05) is 0 Å². The van der Waals surface area contributed by atoms with Gasteiger partial charge in [0.1, 0.15) is 0 Å². The van der Waals surface area contributed by atoms with Crippen molar-refractivity contribution in [3.63, 3.8) is 0 Å². The lowest BCUT2D eigenvalue weighted by atomic mass is 9.78. The van der Waals surface area contributed by atoms with Crippen molar-refractivity contribution in [3.05, 3.63) is 0 Å². The van der Waals surface area contributed by atoms with Gasteiger partial charge in [0.05, 0.1) is 12.0 Å². The van der Waals surface area contributed by atoms with Gasteiger partial charge in [-0.2, -0.15) is 0 Å². The van der Waals surface area contributed by atoms with Crippen molar-refractivity contribution in [2.45, 2.75) is 31.7 Å². The first kappa shape index (κ1) is 11.5. The second-order valence-corrected chi connectivity index (χ2v) is 3.67. The van der Waals surface area contributed by atoms with E-state index in [1.54, 1.807) is 18.9 Å². The second-order valence-electron chi connectivity index (χ2n) is 3.67. The minimum Gasteiger partial charge on any atom is -0.426 e. The Balaban J connectivity index is 2.62. The highest BCUT2D eigenvalue weighted by Crippen LogP contribution is 2.18. The molecule has 1 fully saturated rings. The predicted octanol–water partition coefficient (Wildman–Crippen LogP) is -1.40. The molecule has 6 heteroatoms. The molecule has 3 N–H and O–H groups in total. The topological polar surface area (TPSA) is 72.8 Å². The van der Waals surface area contributed by atoms with Crippen molar-refractivity contribution in [2.24, 2.45) is 0 Å². The van der Waals surface area contributed by atoms with Crippen LogP contribution >= 0.6 is 0 Å². The quantitative estimate of drug-likeness (QED) is 0.490. The van der Waals surface area contributed by atoms with Crippen LogP contribution in [0.3, 0.4) is 0 Å². The van der Waals surface area contributed by atoms with Crippen LogP contribution in [0.15, 0.2) is 0 Å². The number of nitrogens with one attached hydrogen (secondary N) is 1. The van der Waals surface area contributed by atoms with Crippen molar-refractivity contribution in [2.75, 3.05) is 13.6 Å². The zero-order valence-electron chi connectivity index (χ0n) is 8.60. The summed E-state index contributed by atoms with van der Waals surface area (Å²) in [6, 6.07) is -0.269. The number of amides is 1. The summed E-state index contributed by atoms with van der Waals surface area (Å²) < 4.78 is 0. The van der Waals surface area contributed by atoms with Gasteiger partial charge in [-0.05, 0) is 26.8 Å². The van der Waals surface area contributed by atoms with Gasteiger partial charge >= 0.3 is 7.12 Å². The molecular formula is C8H17BN2O3. The third-order valence-corrected chi connectivity index (χ3v) is 2.73. The van der Waals surface area contributed by atoms with E-state index >= 15 is 0 Å². The highest BCUT2D eigenvalue weighted by molar-refractivity contribution is 6.43. The van der Waals surface area contributed by atoms with Crippen LogP contribution in [0.25, 0.3) is 0 Å². The molecule has 0 bridgehead atoms. The zero-order valence-corrected chi connectivity index (χ0v) is 8.60. The lowest BCUT2D eigenvalue weighted by molar-refractivity contribution is -0.132. The lowest BCUT2D eigenvalue weighted by Gasteiger charge is -2.26. The fourth-order valence-corrected chi connectivity index (χ4v) is 1.75. The molecule has 80 valence electrons. The largest absolute Gasteiger partial charge is 0.475 e. The number of hydrogen-bond acceptors (Lipinski definition) is 4. The summed E-state index contributed by atoms with van der Waals surface area (Å²) in [7, 11) is 0.286. The smallest absolute Gasteiger partial charge is 0.426 e. The maximum absolute atomic E-state index is 11.7. The SMILES string of the molecule is CN[C@@H](C)C(=O)N1CCC[C@H]1B(O)O. The van der Waals surface area contributed by atoms with Crippen molar-refractivity contribution in [1.82, 2.24) is 10.2 Å². The molecule has 0 saturated carbocycles. The number of hydrogen-bond donors (Lipinski definition) is 3. The normalized spacial score (nSPS) is 23.7. The highest BCUT2D eigenvalue weighted by atomic mass is 16.4. The molecule has 14 heavy (non-hydrogen) atoms. The molecule has 0 unspecified atom stereocenters. The number of nitrogens with zero attached hydrogens (tertiary/aromatic N) is 1. The first-order chi connectivity index (χ1) is 6.57. The maximum atomic E-state index is 11.7. The molecular weight excluding hydrogens is 183 g/mol. The zero-order chi connectivity index (χ0) is 10.7. The van der Waals surface area contributed by atoms with Gasteiger partial charge in [0, 0.05) is 6.54 Å². The predicted molar refractivity (Wildman–Crippen MR) is 53.4 cm³/mol. The third kappa shape index (κ3) is 2.26. The van der Waals surface area contributed by atoms with Gasteiger partial charge in [0.15, 0.2) is 0 Å². The Morgan fingerprint density at radius 1 is 1.64 bits per heavy atom. The average Bonchev–Trinajstić information content (AvgIpc) is 2.63. The average molecular weight is 200 g/mol. The van der Waals surface area contributed by atoms with Crippen LogP contribution in [0.1, 0.15) is 19.8 Å². The molecule has 0 aliphatic carbocycles. The van der Waals surface area contributed by atoms with Crippen molar-refractivity contribution in [1.29, 1.82) is 0 Å². The van der Waals surface area contributed by atoms with Crippen LogP contribution < -0.4 is 5.32 Å². The second kappa shape index (κ2) is 4.77. The summed E-state index contributed by atoms with van der Waals surface area (Å²) in [4.78, 5) is 13.3. The van der Waals surface area contributed by atoms with E-state index in [9.17, 15) is 4.79 Å². The summed E-state index contributed by atoms with van der Waals surface area (Å²) in [5.74, 6) is -0.499. The van der Waals surface area contributed by atoms with Crippen molar-refractivity contribution in [3.8, 4) is 0 Å². The fraction of sp³-hybridized carbons (Fsp3) is 0.875. The van der Waals surface area contributed by atoms with Gasteiger partial charge in [0.2, 0.25) is 5.91 Å². The van der Waals surface area contributed by atoms with Gasteiger partial charge in [0.25, 0.3) is 0 Å². The Labute approximate surface area is 84.2 Å². The molecule has 0 radical (unpaired) electrons. The van der Waals surface area contributed by atoms with Crippen molar-refractivity contribution >= 4 is 13.0 Å². The standard InChI is InChI=1S/C8H17BN2O3/c1-6(10-2)8(12)11-5-3-4-7(11)9(13)14/h6-7,10,13-14H,3-5H2,1-2H3/t6-,7-/m0/s1. The van der Waals surface area contributed by atoms with Gasteiger partial charge in [-0.3, -0.25) is 4.79 Å². The molecule has 1 aliphatic heterocycles. The highest BCUT2D eigenvalue weighted by Gasteiger charge is 2.37. The van der Waals surface area contributed by atoms with E-state index < -0.39 is 13.1 Å². The summed E-state index contributed by atoms with van der Waals surface area (Å²) >= 11 is 0. The summed E-state index contributed by atoms with van der Waals surface area (Å²) in [5.41, 5.74) is 0. The minimum atomic E-state index is -1.43. The van der Waals surface area contributed by atoms with Crippen LogP contribution in [-0.2, 0) is 4.79 Å². The number of likely N-dealkylation sites (N-methyl/N-ethyl adjacent to an activating group) is 1. The number of likely N-dealkylation sites (tertiary alicyclic amines) is 1. The summed E-state index contributed by atoms with van der Waals surface area (Å²) in [6.45, 7) is 2.38. The lowest BCUT2D eigenvalue weighted by Crippen LogP contribution is -2.51. The van der Waals surface area contributed by atoms with E-state index in [1.165, 1.54) is 0 Å². The molecule has 2 atom stereocenters. The summed E-state index contributed by atoms with van der Waals surface area (Å²) in [6.07, 6.45) is 1.50. The first-order valence-electron chi connectivity index (χ1n) is 4.91. The Morgan fingerprint density at radius 3 is 2.79 bits per heavy atom.